The maximum absolute atomic E-state index is 13.7. The van der Waals surface area contributed by atoms with Crippen LogP contribution in [0.4, 0.5) is 17.1 Å². The largest absolute Gasteiger partial charge is 0.396 e. The molecule has 38 heavy (non-hydrogen) atoms. The molecule has 0 saturated heterocycles. The number of nitrogens with zero attached hydrogens (tertiary/aromatic N) is 2. The third-order valence-corrected chi connectivity index (χ3v) is 7.65. The number of carbonyl (C=O) groups is 2. The van der Waals surface area contributed by atoms with Crippen molar-refractivity contribution in [2.45, 2.75) is 25.5 Å². The summed E-state index contributed by atoms with van der Waals surface area (Å²) in [6, 6.07) is 26.7. The van der Waals surface area contributed by atoms with E-state index < -0.39 is 11.5 Å². The molecule has 4 aromatic carbocycles. The molecule has 0 saturated carbocycles. The lowest BCUT2D eigenvalue weighted by Gasteiger charge is -2.27. The number of aliphatic hydroxyl groups is 2. The Balaban J connectivity index is 1.29. The molecule has 2 amide bonds. The summed E-state index contributed by atoms with van der Waals surface area (Å²) in [6.45, 7) is 2.11. The predicted molar refractivity (Wildman–Crippen MR) is 148 cm³/mol. The van der Waals surface area contributed by atoms with Crippen molar-refractivity contribution in [3.63, 3.8) is 0 Å². The number of aliphatic hydroxyl groups excluding tert-OH is 1. The first kappa shape index (κ1) is 24.1. The van der Waals surface area contributed by atoms with Gasteiger partial charge in [0, 0.05) is 29.2 Å². The van der Waals surface area contributed by atoms with E-state index in [4.69, 9.17) is 5.11 Å². The van der Waals surface area contributed by atoms with Gasteiger partial charge in [-0.25, -0.2) is 0 Å². The molecule has 190 valence electrons. The predicted octanol–water partition coefficient (Wildman–Crippen LogP) is 5.44. The molecule has 0 spiro atoms. The smallest absolute Gasteiger partial charge is 0.264 e. The Morgan fingerprint density at radius 1 is 0.895 bits per heavy atom. The molecule has 6 nitrogen and oxygen atoms in total. The molecule has 2 heterocycles. The van der Waals surface area contributed by atoms with Crippen molar-refractivity contribution < 1.29 is 19.8 Å². The zero-order valence-electron chi connectivity index (χ0n) is 21.0. The average Bonchev–Trinajstić information content (AvgIpc) is 3.35. The van der Waals surface area contributed by atoms with E-state index in [0.717, 1.165) is 27.7 Å². The number of fused-ring (bicyclic) bond motifs is 1. The van der Waals surface area contributed by atoms with E-state index in [2.05, 4.69) is 0 Å². The molecule has 0 unspecified atom stereocenters. The normalized spacial score (nSPS) is 19.1. The van der Waals surface area contributed by atoms with E-state index in [1.54, 1.807) is 28.0 Å². The minimum atomic E-state index is -1.69. The molecule has 2 atom stereocenters. The second-order valence-electron chi connectivity index (χ2n) is 9.89. The molecular weight excluding hydrogens is 476 g/mol. The van der Waals surface area contributed by atoms with Crippen LogP contribution < -0.4 is 9.80 Å². The summed E-state index contributed by atoms with van der Waals surface area (Å²) in [4.78, 5) is 30.3. The maximum atomic E-state index is 13.7. The number of anilines is 3. The molecule has 2 aliphatic heterocycles. The van der Waals surface area contributed by atoms with Gasteiger partial charge in [0.15, 0.2) is 5.60 Å². The van der Waals surface area contributed by atoms with Crippen LogP contribution in [0.5, 0.6) is 0 Å². The fourth-order valence-electron chi connectivity index (χ4n) is 5.68. The fourth-order valence-corrected chi connectivity index (χ4v) is 5.68. The van der Waals surface area contributed by atoms with E-state index in [1.165, 1.54) is 0 Å². The molecule has 0 radical (unpaired) electrons. The Bertz CT molecular complexity index is 1590. The minimum absolute atomic E-state index is 0.0125. The minimum Gasteiger partial charge on any atom is -0.396 e. The lowest BCUT2D eigenvalue weighted by molar-refractivity contribution is -0.139. The van der Waals surface area contributed by atoms with Crippen molar-refractivity contribution >= 4 is 39.6 Å². The van der Waals surface area contributed by atoms with Crippen LogP contribution in [-0.4, -0.2) is 28.6 Å². The third kappa shape index (κ3) is 3.56. The molecule has 0 bridgehead atoms. The van der Waals surface area contributed by atoms with Crippen molar-refractivity contribution in [2.75, 3.05) is 16.4 Å². The second kappa shape index (κ2) is 9.24. The van der Waals surface area contributed by atoms with E-state index >= 15 is 0 Å². The van der Waals surface area contributed by atoms with Crippen LogP contribution in [0.25, 0.3) is 10.8 Å². The van der Waals surface area contributed by atoms with Crippen LogP contribution >= 0.6 is 0 Å². The molecule has 4 aromatic rings. The third-order valence-electron chi connectivity index (χ3n) is 7.65. The first-order chi connectivity index (χ1) is 18.4. The number of hydrogen-bond acceptors (Lipinski definition) is 4. The highest BCUT2D eigenvalue weighted by Crippen LogP contribution is 2.46. The van der Waals surface area contributed by atoms with Crippen LogP contribution in [-0.2, 0) is 16.9 Å². The first-order valence-corrected chi connectivity index (χ1v) is 12.8. The number of benzene rings is 4. The number of amides is 2. The number of rotatable bonds is 7. The Hall–Kier alpha value is -4.26. The monoisotopic (exact) mass is 504 g/mol. The van der Waals surface area contributed by atoms with Gasteiger partial charge in [-0.15, -0.1) is 0 Å². The summed E-state index contributed by atoms with van der Waals surface area (Å²) >= 11 is 0. The van der Waals surface area contributed by atoms with Gasteiger partial charge in [-0.1, -0.05) is 73.7 Å². The first-order valence-electron chi connectivity index (χ1n) is 12.8. The van der Waals surface area contributed by atoms with Crippen LogP contribution in [0.3, 0.4) is 0 Å². The van der Waals surface area contributed by atoms with Crippen LogP contribution in [0.1, 0.15) is 34.8 Å². The number of para-hydroxylation sites is 1. The average molecular weight is 505 g/mol. The van der Waals surface area contributed by atoms with E-state index in [0.29, 0.717) is 23.2 Å². The van der Waals surface area contributed by atoms with Gasteiger partial charge in [0.25, 0.3) is 11.8 Å². The quantitative estimate of drug-likeness (QED) is 0.329. The molecule has 6 heteroatoms. The fraction of sp³-hybridized carbons (Fsp3) is 0.188. The van der Waals surface area contributed by atoms with E-state index in [9.17, 15) is 14.7 Å². The zero-order chi connectivity index (χ0) is 26.4. The molecular formula is C32H28N2O4. The van der Waals surface area contributed by atoms with Crippen molar-refractivity contribution in [1.82, 2.24) is 0 Å². The van der Waals surface area contributed by atoms with Gasteiger partial charge < -0.3 is 15.1 Å². The highest BCUT2D eigenvalue weighted by atomic mass is 16.3. The van der Waals surface area contributed by atoms with Gasteiger partial charge in [-0.3, -0.25) is 14.5 Å². The summed E-state index contributed by atoms with van der Waals surface area (Å²) in [7, 11) is 0. The zero-order valence-corrected chi connectivity index (χ0v) is 21.0. The number of hydrogen-bond donors (Lipinski definition) is 2. The maximum Gasteiger partial charge on any atom is 0.264 e. The molecule has 2 aliphatic rings. The van der Waals surface area contributed by atoms with Crippen molar-refractivity contribution in [3.05, 3.63) is 114 Å². The van der Waals surface area contributed by atoms with Gasteiger partial charge in [-0.2, -0.15) is 0 Å². The topological polar surface area (TPSA) is 81.1 Å². The second-order valence-corrected chi connectivity index (χ2v) is 9.89. The van der Waals surface area contributed by atoms with Gasteiger partial charge >= 0.3 is 0 Å². The van der Waals surface area contributed by atoms with Gasteiger partial charge in [0.05, 0.1) is 23.5 Å². The molecule has 0 fully saturated rings. The van der Waals surface area contributed by atoms with Crippen LogP contribution in [0, 0.1) is 5.92 Å². The SMILES string of the molecule is C[C@@H](/C=C/CCO)[C@]1(O)C(=O)N(Cc2ccc(N3C(=O)c4cccc5cccc3c45)cc2)c2ccccc21. The number of carbonyl (C=O) groups excluding carboxylic acids is 2. The molecule has 2 N–H and O–H groups in total. The Kier molecular flexibility index (Phi) is 5.86. The summed E-state index contributed by atoms with van der Waals surface area (Å²) < 4.78 is 0. The lowest BCUT2D eigenvalue weighted by atomic mass is 9.83. The highest BCUT2D eigenvalue weighted by molar-refractivity contribution is 6.27. The molecule has 0 aromatic heterocycles. The molecule has 0 aliphatic carbocycles. The van der Waals surface area contributed by atoms with Crippen LogP contribution in [0.15, 0.2) is 97.1 Å². The highest BCUT2D eigenvalue weighted by Gasteiger charge is 2.52. The van der Waals surface area contributed by atoms with Gasteiger partial charge in [0.1, 0.15) is 0 Å². The van der Waals surface area contributed by atoms with E-state index in [1.807, 2.05) is 85.8 Å². The van der Waals surface area contributed by atoms with Crippen LogP contribution in [0.2, 0.25) is 0 Å². The van der Waals surface area contributed by atoms with E-state index in [-0.39, 0.29) is 25.0 Å². The molecule has 6 rings (SSSR count). The van der Waals surface area contributed by atoms with Crippen molar-refractivity contribution in [2.24, 2.45) is 5.92 Å². The summed E-state index contributed by atoms with van der Waals surface area (Å²) in [5, 5.41) is 22.8. The Morgan fingerprint density at radius 3 is 2.37 bits per heavy atom. The van der Waals surface area contributed by atoms with Gasteiger partial charge in [-0.05, 0) is 47.7 Å². The standard InChI is InChI=1S/C32H28N2O4/c1-21(8-4-5-19-35)32(38)26-12-2-3-13-27(26)33(31(32)37)20-22-15-17-24(18-16-22)34-28-14-7-10-23-9-6-11-25(29(23)28)30(34)36/h2-4,6-18,21,35,38H,5,19-20H2,1H3/b8-4+/t21-,32+/m0/s1. The van der Waals surface area contributed by atoms with Crippen molar-refractivity contribution in [3.8, 4) is 0 Å². The summed E-state index contributed by atoms with van der Waals surface area (Å²) in [6.07, 6.45) is 4.04. The van der Waals surface area contributed by atoms with Crippen molar-refractivity contribution in [1.29, 1.82) is 0 Å². The Morgan fingerprint density at radius 2 is 1.61 bits per heavy atom. The van der Waals surface area contributed by atoms with Gasteiger partial charge in [0.2, 0.25) is 0 Å². The Labute approximate surface area is 221 Å². The summed E-state index contributed by atoms with van der Waals surface area (Å²) in [5.74, 6) is -0.900. The lowest BCUT2D eigenvalue weighted by Crippen LogP contribution is -2.44. The summed E-state index contributed by atoms with van der Waals surface area (Å²) in [5.41, 5.74) is 2.78.